The minimum atomic E-state index is -1.12. The van der Waals surface area contributed by atoms with Gasteiger partial charge >= 0.3 is 24.2 Å². The van der Waals surface area contributed by atoms with Gasteiger partial charge < -0.3 is 39.7 Å². The highest BCUT2D eigenvalue weighted by Crippen LogP contribution is 2.12. The summed E-state index contributed by atoms with van der Waals surface area (Å²) in [6.07, 6.45) is -0.480. The van der Waals surface area contributed by atoms with Gasteiger partial charge in [0.2, 0.25) is 0 Å². The first-order valence-corrected chi connectivity index (χ1v) is 11.8. The van der Waals surface area contributed by atoms with Crippen LogP contribution in [0.3, 0.4) is 0 Å². The van der Waals surface area contributed by atoms with E-state index in [1.54, 1.807) is 20.8 Å². The number of hydrogen-bond acceptors (Lipinski definition) is 6. The van der Waals surface area contributed by atoms with E-state index in [4.69, 9.17) is 9.84 Å². The van der Waals surface area contributed by atoms with Crippen molar-refractivity contribution in [2.24, 2.45) is 0 Å². The van der Waals surface area contributed by atoms with Crippen molar-refractivity contribution in [1.82, 2.24) is 19.6 Å². The van der Waals surface area contributed by atoms with Crippen LogP contribution in [-0.4, -0.2) is 124 Å². The van der Waals surface area contributed by atoms with Crippen LogP contribution in [0.1, 0.15) is 52.9 Å². The van der Waals surface area contributed by atoms with Crippen molar-refractivity contribution in [2.75, 3.05) is 58.9 Å². The quantitative estimate of drug-likeness (QED) is 0.496. The van der Waals surface area contributed by atoms with Gasteiger partial charge in [0.15, 0.2) is 0 Å². The summed E-state index contributed by atoms with van der Waals surface area (Å²) in [7, 11) is 0. The summed E-state index contributed by atoms with van der Waals surface area (Å²) in [5.74, 6) is -0.846. The van der Waals surface area contributed by atoms with Gasteiger partial charge in [0.05, 0.1) is 0 Å². The minimum Gasteiger partial charge on any atom is -0.481 e. The monoisotopic (exact) mass is 488 g/mol. The lowest BCUT2D eigenvalue weighted by molar-refractivity contribution is -0.137. The maximum Gasteiger partial charge on any atom is 0.410 e. The zero-order chi connectivity index (χ0) is 25.7. The summed E-state index contributed by atoms with van der Waals surface area (Å²) >= 11 is 0. The topological polar surface area (TPSA) is 151 Å². The molecule has 0 saturated carbocycles. The Labute approximate surface area is 201 Å². The van der Waals surface area contributed by atoms with Crippen LogP contribution in [0.4, 0.5) is 14.4 Å². The molecule has 0 unspecified atom stereocenters. The molecule has 196 valence electrons. The number of amides is 3. The van der Waals surface area contributed by atoms with Gasteiger partial charge in [0.1, 0.15) is 5.60 Å². The Kier molecular flexibility index (Phi) is 12.5. The van der Waals surface area contributed by atoms with Gasteiger partial charge in [0.25, 0.3) is 0 Å². The number of carbonyl (C=O) groups excluding carboxylic acids is 1. The highest BCUT2D eigenvalue weighted by atomic mass is 16.6. The maximum atomic E-state index is 12.7. The number of hydrogen-bond donors (Lipinski definition) is 3. The molecule has 0 aromatic heterocycles. The van der Waals surface area contributed by atoms with E-state index in [1.165, 1.54) is 14.7 Å². The van der Waals surface area contributed by atoms with Crippen molar-refractivity contribution in [3.05, 3.63) is 0 Å². The lowest BCUT2D eigenvalue weighted by atomic mass is 10.2. The zero-order valence-electron chi connectivity index (χ0n) is 20.6. The second-order valence-electron chi connectivity index (χ2n) is 9.41. The third kappa shape index (κ3) is 12.5. The lowest BCUT2D eigenvalue weighted by Crippen LogP contribution is -2.45. The smallest absolute Gasteiger partial charge is 0.410 e. The van der Waals surface area contributed by atoms with Crippen LogP contribution in [0.25, 0.3) is 0 Å². The van der Waals surface area contributed by atoms with E-state index in [0.29, 0.717) is 51.9 Å². The molecule has 12 nitrogen and oxygen atoms in total. The summed E-state index contributed by atoms with van der Waals surface area (Å²) in [5.41, 5.74) is -0.681. The number of carboxylic acids is 1. The summed E-state index contributed by atoms with van der Waals surface area (Å²) in [5, 5.41) is 27.9. The third-order valence-electron chi connectivity index (χ3n) is 5.39. The molecule has 0 spiro atoms. The predicted molar refractivity (Wildman–Crippen MR) is 124 cm³/mol. The Morgan fingerprint density at radius 3 is 1.74 bits per heavy atom. The number of ether oxygens (including phenoxy) is 1. The molecule has 0 atom stereocenters. The number of unbranched alkanes of at least 4 members (excludes halogenated alkanes) is 1. The lowest BCUT2D eigenvalue weighted by Gasteiger charge is -2.31. The summed E-state index contributed by atoms with van der Waals surface area (Å²) < 4.78 is 5.49. The predicted octanol–water partition coefficient (Wildman–Crippen LogP) is 2.53. The average Bonchev–Trinajstić information content (AvgIpc) is 2.70. The molecule has 0 bridgehead atoms. The zero-order valence-corrected chi connectivity index (χ0v) is 20.6. The van der Waals surface area contributed by atoms with Crippen LogP contribution >= 0.6 is 0 Å². The first-order chi connectivity index (χ1) is 15.9. The molecule has 1 aliphatic heterocycles. The standard InChI is InChI=1S/C22H40N4O8/c1-22(2,3)34-21(33)26-13-6-10-23(9-5-4-8-18(27)28)14-15-24(19(29)30)11-7-12-25(16-17-26)20(31)32/h4-17H2,1-3H3,(H,27,28)(H,29,30)(H,31,32). The molecule has 1 rings (SSSR count). The Morgan fingerprint density at radius 2 is 1.21 bits per heavy atom. The maximum absolute atomic E-state index is 12.7. The van der Waals surface area contributed by atoms with Gasteiger partial charge in [-0.2, -0.15) is 0 Å². The number of rotatable bonds is 5. The van der Waals surface area contributed by atoms with Gasteiger partial charge in [0, 0.05) is 52.2 Å². The Morgan fingerprint density at radius 1 is 0.706 bits per heavy atom. The fourth-order valence-electron chi connectivity index (χ4n) is 3.62. The second kappa shape index (κ2) is 14.5. The molecule has 0 radical (unpaired) electrons. The molecule has 1 saturated heterocycles. The molecule has 12 heteroatoms. The first-order valence-electron chi connectivity index (χ1n) is 11.8. The largest absolute Gasteiger partial charge is 0.481 e. The van der Waals surface area contributed by atoms with Crippen molar-refractivity contribution >= 4 is 24.2 Å². The molecular weight excluding hydrogens is 448 g/mol. The van der Waals surface area contributed by atoms with Crippen molar-refractivity contribution in [2.45, 2.75) is 58.5 Å². The second-order valence-corrected chi connectivity index (χ2v) is 9.41. The molecule has 0 aromatic rings. The average molecular weight is 489 g/mol. The Balaban J connectivity index is 2.92. The van der Waals surface area contributed by atoms with Crippen LogP contribution in [0.2, 0.25) is 0 Å². The Bertz CT molecular complexity index is 682. The first kappa shape index (κ1) is 29.3. The molecule has 3 amide bonds. The highest BCUT2D eigenvalue weighted by molar-refractivity contribution is 5.68. The summed E-state index contributed by atoms with van der Waals surface area (Å²) in [6.45, 7) is 8.22. The molecular formula is C22H40N4O8. The molecule has 34 heavy (non-hydrogen) atoms. The molecule has 1 fully saturated rings. The van der Waals surface area contributed by atoms with E-state index in [-0.39, 0.29) is 39.1 Å². The van der Waals surface area contributed by atoms with Crippen molar-refractivity contribution in [1.29, 1.82) is 0 Å². The minimum absolute atomic E-state index is 0.0849. The number of carboxylic acid groups (broad SMARTS) is 3. The van der Waals surface area contributed by atoms with E-state index in [9.17, 15) is 29.4 Å². The van der Waals surface area contributed by atoms with Gasteiger partial charge in [-0.05, 0) is 59.5 Å². The van der Waals surface area contributed by atoms with E-state index in [2.05, 4.69) is 4.90 Å². The van der Waals surface area contributed by atoms with E-state index in [0.717, 1.165) is 0 Å². The number of nitrogens with zero attached hydrogens (tertiary/aromatic N) is 4. The van der Waals surface area contributed by atoms with Crippen LogP contribution in [0, 0.1) is 0 Å². The SMILES string of the molecule is CC(C)(C)OC(=O)N1CCCN(CCCCC(=O)O)CCN(C(=O)O)CCCN(C(=O)O)CC1. The molecule has 1 aliphatic rings. The van der Waals surface area contributed by atoms with Crippen molar-refractivity contribution < 1.29 is 39.2 Å². The van der Waals surface area contributed by atoms with Gasteiger partial charge in [-0.25, -0.2) is 14.4 Å². The Hall–Kier alpha value is -2.76. The molecule has 0 aliphatic carbocycles. The van der Waals surface area contributed by atoms with Gasteiger partial charge in [-0.1, -0.05) is 0 Å². The van der Waals surface area contributed by atoms with Crippen molar-refractivity contribution in [3.8, 4) is 0 Å². The van der Waals surface area contributed by atoms with E-state index in [1.807, 2.05) is 0 Å². The molecule has 0 aromatic carbocycles. The fraction of sp³-hybridized carbons (Fsp3) is 0.818. The number of carbonyl (C=O) groups is 4. The van der Waals surface area contributed by atoms with Crippen LogP contribution in [0.5, 0.6) is 0 Å². The molecule has 3 N–H and O–H groups in total. The summed E-state index contributed by atoms with van der Waals surface area (Å²) in [4.78, 5) is 52.8. The normalized spacial score (nSPS) is 17.7. The van der Waals surface area contributed by atoms with Crippen LogP contribution in [-0.2, 0) is 9.53 Å². The highest BCUT2D eigenvalue weighted by Gasteiger charge is 2.24. The summed E-state index contributed by atoms with van der Waals surface area (Å²) in [6, 6.07) is 0. The van der Waals surface area contributed by atoms with Crippen LogP contribution < -0.4 is 0 Å². The third-order valence-corrected chi connectivity index (χ3v) is 5.39. The van der Waals surface area contributed by atoms with Gasteiger partial charge in [-0.3, -0.25) is 4.79 Å². The van der Waals surface area contributed by atoms with E-state index < -0.39 is 29.9 Å². The fourth-order valence-corrected chi connectivity index (χ4v) is 3.62. The van der Waals surface area contributed by atoms with Crippen molar-refractivity contribution in [3.63, 3.8) is 0 Å². The van der Waals surface area contributed by atoms with Crippen LogP contribution in [0.15, 0.2) is 0 Å². The number of aliphatic carboxylic acids is 1. The van der Waals surface area contributed by atoms with Gasteiger partial charge in [-0.15, -0.1) is 0 Å². The van der Waals surface area contributed by atoms with E-state index >= 15 is 0 Å². The molecule has 1 heterocycles.